The van der Waals surface area contributed by atoms with Crippen LogP contribution in [0.1, 0.15) is 6.92 Å². The highest BCUT2D eigenvalue weighted by Crippen LogP contribution is 2.16. The average molecular weight is 284 g/mol. The molecule has 0 heterocycles. The fourth-order valence-corrected chi connectivity index (χ4v) is 1.84. The molecular weight excluding hydrogens is 264 g/mol. The van der Waals surface area contributed by atoms with Crippen LogP contribution in [0.5, 0.6) is 5.75 Å². The first-order valence-electron chi connectivity index (χ1n) is 6.86. The molecule has 1 N–H and O–H groups in total. The number of carbonyl (C=O) groups is 1. The number of anilines is 2. The predicted octanol–water partition coefficient (Wildman–Crippen LogP) is 3.16. The van der Waals surface area contributed by atoms with Crippen LogP contribution in [0.2, 0.25) is 0 Å². The van der Waals surface area contributed by atoms with E-state index in [0.29, 0.717) is 5.75 Å². The molecule has 0 aliphatic heterocycles. The minimum atomic E-state index is -0.555. The monoisotopic (exact) mass is 284 g/mol. The Morgan fingerprint density at radius 3 is 2.24 bits per heavy atom. The van der Waals surface area contributed by atoms with Crippen LogP contribution in [0.15, 0.2) is 54.6 Å². The van der Waals surface area contributed by atoms with Gasteiger partial charge >= 0.3 is 0 Å². The van der Waals surface area contributed by atoms with E-state index in [4.69, 9.17) is 4.74 Å². The molecule has 0 aliphatic rings. The second kappa shape index (κ2) is 6.79. The molecule has 0 aliphatic carbocycles. The maximum absolute atomic E-state index is 12.1. The molecule has 2 rings (SSSR count). The van der Waals surface area contributed by atoms with Crippen LogP contribution in [0, 0.1) is 0 Å². The second-order valence-electron chi connectivity index (χ2n) is 5.00. The van der Waals surface area contributed by atoms with Gasteiger partial charge in [-0.3, -0.25) is 4.79 Å². The Labute approximate surface area is 125 Å². The van der Waals surface area contributed by atoms with Crippen molar-refractivity contribution < 1.29 is 9.53 Å². The molecule has 4 heteroatoms. The van der Waals surface area contributed by atoms with E-state index >= 15 is 0 Å². The number of nitrogens with one attached hydrogen (secondary N) is 1. The predicted molar refractivity (Wildman–Crippen MR) is 85.9 cm³/mol. The molecule has 1 atom stereocenters. The summed E-state index contributed by atoms with van der Waals surface area (Å²) >= 11 is 0. The molecule has 0 radical (unpaired) electrons. The fraction of sp³-hybridized carbons (Fsp3) is 0.235. The number of rotatable bonds is 5. The van der Waals surface area contributed by atoms with E-state index in [0.717, 1.165) is 11.4 Å². The van der Waals surface area contributed by atoms with Crippen LogP contribution in [0.25, 0.3) is 0 Å². The van der Waals surface area contributed by atoms with Crippen molar-refractivity contribution in [2.45, 2.75) is 13.0 Å². The molecule has 2 aromatic carbocycles. The Hall–Kier alpha value is -2.49. The average Bonchev–Trinajstić information content (AvgIpc) is 2.48. The smallest absolute Gasteiger partial charge is 0.265 e. The summed E-state index contributed by atoms with van der Waals surface area (Å²) in [6.07, 6.45) is -0.555. The van der Waals surface area contributed by atoms with Gasteiger partial charge in [0.25, 0.3) is 5.91 Å². The first kappa shape index (κ1) is 14.9. The molecule has 1 amide bonds. The van der Waals surface area contributed by atoms with Crippen molar-refractivity contribution in [2.75, 3.05) is 24.3 Å². The maximum Gasteiger partial charge on any atom is 0.265 e. The third kappa shape index (κ3) is 4.24. The van der Waals surface area contributed by atoms with E-state index in [1.807, 2.05) is 73.6 Å². The highest BCUT2D eigenvalue weighted by atomic mass is 16.5. The van der Waals surface area contributed by atoms with Crippen LogP contribution in [-0.4, -0.2) is 26.1 Å². The lowest BCUT2D eigenvalue weighted by atomic mass is 10.2. The summed E-state index contributed by atoms with van der Waals surface area (Å²) in [6, 6.07) is 17.0. The molecule has 0 unspecified atom stereocenters. The van der Waals surface area contributed by atoms with Crippen LogP contribution >= 0.6 is 0 Å². The summed E-state index contributed by atoms with van der Waals surface area (Å²) in [5, 5.41) is 2.85. The Bertz CT molecular complexity index is 579. The number of hydrogen-bond acceptors (Lipinski definition) is 3. The van der Waals surface area contributed by atoms with Gasteiger partial charge in [-0.1, -0.05) is 18.2 Å². The molecule has 4 nitrogen and oxygen atoms in total. The topological polar surface area (TPSA) is 41.6 Å². The zero-order valence-electron chi connectivity index (χ0n) is 12.5. The number of ether oxygens (including phenoxy) is 1. The normalized spacial score (nSPS) is 11.6. The SMILES string of the molecule is C[C@H](Oc1ccccc1)C(=O)Nc1ccc(N(C)C)cc1. The highest BCUT2D eigenvalue weighted by Gasteiger charge is 2.14. The molecule has 110 valence electrons. The second-order valence-corrected chi connectivity index (χ2v) is 5.00. The van der Waals surface area contributed by atoms with Crippen molar-refractivity contribution >= 4 is 17.3 Å². The van der Waals surface area contributed by atoms with Gasteiger partial charge in [-0.2, -0.15) is 0 Å². The Balaban J connectivity index is 1.94. The Morgan fingerprint density at radius 2 is 1.67 bits per heavy atom. The third-order valence-corrected chi connectivity index (χ3v) is 3.08. The van der Waals surface area contributed by atoms with Gasteiger partial charge in [0.15, 0.2) is 6.10 Å². The van der Waals surface area contributed by atoms with E-state index in [1.54, 1.807) is 6.92 Å². The third-order valence-electron chi connectivity index (χ3n) is 3.08. The zero-order chi connectivity index (χ0) is 15.2. The fourth-order valence-electron chi connectivity index (χ4n) is 1.84. The summed E-state index contributed by atoms with van der Waals surface area (Å²) in [5.74, 6) is 0.513. The number of amides is 1. The lowest BCUT2D eigenvalue weighted by Crippen LogP contribution is -2.30. The van der Waals surface area contributed by atoms with Crippen LogP contribution in [-0.2, 0) is 4.79 Å². The summed E-state index contributed by atoms with van der Waals surface area (Å²) < 4.78 is 5.59. The van der Waals surface area contributed by atoms with Crippen LogP contribution in [0.4, 0.5) is 11.4 Å². The summed E-state index contributed by atoms with van der Waals surface area (Å²) in [6.45, 7) is 1.73. The number of nitrogens with zero attached hydrogens (tertiary/aromatic N) is 1. The van der Waals surface area contributed by atoms with Crippen molar-refractivity contribution in [1.29, 1.82) is 0 Å². The molecule has 21 heavy (non-hydrogen) atoms. The van der Waals surface area contributed by atoms with E-state index in [1.165, 1.54) is 0 Å². The summed E-state index contributed by atoms with van der Waals surface area (Å²) in [7, 11) is 3.95. The lowest BCUT2D eigenvalue weighted by Gasteiger charge is -2.16. The highest BCUT2D eigenvalue weighted by molar-refractivity contribution is 5.94. The Morgan fingerprint density at radius 1 is 1.05 bits per heavy atom. The maximum atomic E-state index is 12.1. The van der Waals surface area contributed by atoms with Crippen LogP contribution in [0.3, 0.4) is 0 Å². The Kier molecular flexibility index (Phi) is 4.82. The molecule has 0 spiro atoms. The van der Waals surface area contributed by atoms with E-state index in [-0.39, 0.29) is 5.91 Å². The van der Waals surface area contributed by atoms with Crippen molar-refractivity contribution in [3.63, 3.8) is 0 Å². The molecule has 0 saturated heterocycles. The van der Waals surface area contributed by atoms with E-state index in [2.05, 4.69) is 5.32 Å². The van der Waals surface area contributed by atoms with Gasteiger partial charge < -0.3 is 15.0 Å². The summed E-state index contributed by atoms with van der Waals surface area (Å²) in [5.41, 5.74) is 1.84. The minimum Gasteiger partial charge on any atom is -0.481 e. The van der Waals surface area contributed by atoms with Gasteiger partial charge in [-0.25, -0.2) is 0 Å². The molecule has 2 aromatic rings. The van der Waals surface area contributed by atoms with Gasteiger partial charge in [-0.15, -0.1) is 0 Å². The van der Waals surface area contributed by atoms with Crippen molar-refractivity contribution in [3.8, 4) is 5.75 Å². The van der Waals surface area contributed by atoms with Crippen molar-refractivity contribution in [3.05, 3.63) is 54.6 Å². The van der Waals surface area contributed by atoms with Crippen LogP contribution < -0.4 is 15.0 Å². The number of para-hydroxylation sites is 1. The van der Waals surface area contributed by atoms with Gasteiger partial charge in [0.1, 0.15) is 5.75 Å². The van der Waals surface area contributed by atoms with E-state index < -0.39 is 6.10 Å². The molecule has 0 fully saturated rings. The quantitative estimate of drug-likeness (QED) is 0.917. The molecule has 0 bridgehead atoms. The summed E-state index contributed by atoms with van der Waals surface area (Å²) in [4.78, 5) is 14.1. The zero-order valence-corrected chi connectivity index (χ0v) is 12.5. The van der Waals surface area contributed by atoms with Gasteiger partial charge in [0.2, 0.25) is 0 Å². The molecular formula is C17H20N2O2. The largest absolute Gasteiger partial charge is 0.481 e. The van der Waals surface area contributed by atoms with Crippen molar-refractivity contribution in [1.82, 2.24) is 0 Å². The van der Waals surface area contributed by atoms with Crippen molar-refractivity contribution in [2.24, 2.45) is 0 Å². The number of hydrogen-bond donors (Lipinski definition) is 1. The molecule has 0 aromatic heterocycles. The van der Waals surface area contributed by atoms with Gasteiger partial charge in [-0.05, 0) is 43.3 Å². The number of benzene rings is 2. The van der Waals surface area contributed by atoms with E-state index in [9.17, 15) is 4.79 Å². The first-order chi connectivity index (χ1) is 10.1. The first-order valence-corrected chi connectivity index (χ1v) is 6.86. The van der Waals surface area contributed by atoms with Gasteiger partial charge in [0, 0.05) is 25.5 Å². The number of carbonyl (C=O) groups excluding carboxylic acids is 1. The lowest BCUT2D eigenvalue weighted by molar-refractivity contribution is -0.122. The molecule has 0 saturated carbocycles. The minimum absolute atomic E-state index is 0.170. The standard InChI is InChI=1S/C17H20N2O2/c1-13(21-16-7-5-4-6-8-16)17(20)18-14-9-11-15(12-10-14)19(2)3/h4-13H,1-3H3,(H,18,20)/t13-/m0/s1. The van der Waals surface area contributed by atoms with Gasteiger partial charge in [0.05, 0.1) is 0 Å².